The molecule has 160 valence electrons. The maximum Gasteiger partial charge on any atom is 0.196 e. The number of benzene rings is 2. The molecule has 5 rings (SSSR count). The highest BCUT2D eigenvalue weighted by Crippen LogP contribution is 2.27. The number of Topliss-reactive ketones (excluding diaryl/α,β-unsaturated/α-hetero) is 1. The number of carbonyl (C=O) groups is 1. The van der Waals surface area contributed by atoms with Crippen molar-refractivity contribution in [3.63, 3.8) is 0 Å². The zero-order valence-electron chi connectivity index (χ0n) is 18.0. The number of rotatable bonds is 5. The Morgan fingerprint density at radius 2 is 1.75 bits per heavy atom. The molecule has 2 aromatic carbocycles. The van der Waals surface area contributed by atoms with Crippen molar-refractivity contribution in [2.24, 2.45) is 0 Å². The number of nitrogens with zero attached hydrogens (tertiary/aromatic N) is 4. The molecule has 0 aliphatic carbocycles. The summed E-state index contributed by atoms with van der Waals surface area (Å²) < 4.78 is 17.3. The summed E-state index contributed by atoms with van der Waals surface area (Å²) in [6.07, 6.45) is 0. The average Bonchev–Trinajstić information content (AvgIpc) is 3.33. The predicted molar refractivity (Wildman–Crippen MR) is 125 cm³/mol. The number of hydrogen-bond acceptors (Lipinski definition) is 4. The van der Waals surface area contributed by atoms with Gasteiger partial charge in [-0.2, -0.15) is 0 Å². The predicted octanol–water partition coefficient (Wildman–Crippen LogP) is 5.71. The van der Waals surface area contributed by atoms with Crippen molar-refractivity contribution in [1.82, 2.24) is 19.2 Å². The van der Waals surface area contributed by atoms with Gasteiger partial charge >= 0.3 is 0 Å². The highest BCUT2D eigenvalue weighted by molar-refractivity contribution is 7.99. The first-order chi connectivity index (χ1) is 15.4. The van der Waals surface area contributed by atoms with Gasteiger partial charge in [-0.1, -0.05) is 30.0 Å². The minimum absolute atomic E-state index is 0.0182. The van der Waals surface area contributed by atoms with E-state index in [1.165, 1.54) is 23.9 Å². The summed E-state index contributed by atoms with van der Waals surface area (Å²) in [5.74, 6) is -0.0201. The number of para-hydroxylation sites is 1. The monoisotopic (exact) mass is 444 g/mol. The molecular weight excluding hydrogens is 423 g/mol. The van der Waals surface area contributed by atoms with Gasteiger partial charge < -0.3 is 4.57 Å². The molecule has 0 N–H and O–H groups in total. The Hall–Kier alpha value is -3.45. The van der Waals surface area contributed by atoms with Crippen LogP contribution in [0.4, 0.5) is 4.39 Å². The molecule has 0 aliphatic heterocycles. The van der Waals surface area contributed by atoms with E-state index < -0.39 is 0 Å². The Bertz CT molecular complexity index is 1480. The van der Waals surface area contributed by atoms with Crippen molar-refractivity contribution in [3.8, 4) is 5.69 Å². The maximum absolute atomic E-state index is 13.3. The number of ketones is 1. The molecule has 3 aromatic heterocycles. The van der Waals surface area contributed by atoms with Gasteiger partial charge in [0, 0.05) is 28.0 Å². The van der Waals surface area contributed by atoms with Crippen LogP contribution in [-0.4, -0.2) is 30.7 Å². The first kappa shape index (κ1) is 20.5. The number of pyridine rings is 1. The molecule has 0 fully saturated rings. The van der Waals surface area contributed by atoms with E-state index in [1.54, 1.807) is 12.1 Å². The Morgan fingerprint density at radius 1 is 1.00 bits per heavy atom. The van der Waals surface area contributed by atoms with Crippen LogP contribution >= 0.6 is 11.8 Å². The second-order valence-electron chi connectivity index (χ2n) is 7.83. The van der Waals surface area contributed by atoms with E-state index in [0.717, 1.165) is 39.2 Å². The molecule has 0 amide bonds. The Balaban J connectivity index is 1.45. The van der Waals surface area contributed by atoms with E-state index in [0.29, 0.717) is 10.7 Å². The van der Waals surface area contributed by atoms with Crippen LogP contribution in [0.5, 0.6) is 0 Å². The topological polar surface area (TPSA) is 52.2 Å². The first-order valence-electron chi connectivity index (χ1n) is 10.3. The quantitative estimate of drug-likeness (QED) is 0.257. The van der Waals surface area contributed by atoms with Gasteiger partial charge in [-0.05, 0) is 68.8 Å². The number of aromatic nitrogens is 4. The number of thioether (sulfide) groups is 1. The van der Waals surface area contributed by atoms with Crippen LogP contribution in [0.15, 0.2) is 65.8 Å². The van der Waals surface area contributed by atoms with Crippen LogP contribution in [0.2, 0.25) is 0 Å². The van der Waals surface area contributed by atoms with E-state index in [4.69, 9.17) is 0 Å². The van der Waals surface area contributed by atoms with Crippen molar-refractivity contribution in [1.29, 1.82) is 0 Å². The number of halogens is 1. The van der Waals surface area contributed by atoms with Crippen molar-refractivity contribution in [2.75, 3.05) is 5.75 Å². The number of hydrogen-bond donors (Lipinski definition) is 0. The van der Waals surface area contributed by atoms with Crippen LogP contribution in [-0.2, 0) is 0 Å². The molecule has 0 bridgehead atoms. The van der Waals surface area contributed by atoms with Crippen molar-refractivity contribution in [3.05, 3.63) is 89.0 Å². The Labute approximate surface area is 188 Å². The summed E-state index contributed by atoms with van der Waals surface area (Å²) in [4.78, 5) is 13.1. The van der Waals surface area contributed by atoms with Gasteiger partial charge in [0.25, 0.3) is 0 Å². The molecule has 0 radical (unpaired) electrons. The number of carbonyl (C=O) groups excluding carboxylic acids is 1. The molecule has 0 saturated carbocycles. The summed E-state index contributed by atoms with van der Waals surface area (Å²) in [6.45, 7) is 5.92. The Kier molecular flexibility index (Phi) is 5.06. The van der Waals surface area contributed by atoms with Gasteiger partial charge in [-0.15, -0.1) is 10.2 Å². The van der Waals surface area contributed by atoms with E-state index in [2.05, 4.69) is 23.2 Å². The van der Waals surface area contributed by atoms with Crippen LogP contribution in [0.25, 0.3) is 22.2 Å². The van der Waals surface area contributed by atoms with Crippen LogP contribution in [0.1, 0.15) is 27.3 Å². The molecule has 0 atom stereocenters. The fourth-order valence-corrected chi connectivity index (χ4v) is 5.04. The molecule has 5 aromatic rings. The third-order valence-corrected chi connectivity index (χ3v) is 6.65. The van der Waals surface area contributed by atoms with Gasteiger partial charge in [-0.25, -0.2) is 4.39 Å². The average molecular weight is 445 g/mol. The largest absolute Gasteiger partial charge is 0.318 e. The molecule has 0 spiro atoms. The van der Waals surface area contributed by atoms with Gasteiger partial charge in [0.1, 0.15) is 5.82 Å². The van der Waals surface area contributed by atoms with Crippen molar-refractivity contribution < 1.29 is 9.18 Å². The molecule has 32 heavy (non-hydrogen) atoms. The number of aryl methyl sites for hydroxylation is 2. The smallest absolute Gasteiger partial charge is 0.196 e. The minimum Gasteiger partial charge on any atom is -0.318 e. The fraction of sp³-hybridized carbons (Fsp3) is 0.160. The minimum atomic E-state index is -0.285. The molecule has 3 heterocycles. The van der Waals surface area contributed by atoms with Crippen molar-refractivity contribution in [2.45, 2.75) is 25.9 Å². The molecule has 5 nitrogen and oxygen atoms in total. The summed E-state index contributed by atoms with van der Waals surface area (Å²) in [7, 11) is 0. The van der Waals surface area contributed by atoms with Gasteiger partial charge in [0.2, 0.25) is 0 Å². The van der Waals surface area contributed by atoms with E-state index in [1.807, 2.05) is 53.1 Å². The highest BCUT2D eigenvalue weighted by Gasteiger charge is 2.19. The highest BCUT2D eigenvalue weighted by atomic mass is 32.2. The third kappa shape index (κ3) is 3.39. The van der Waals surface area contributed by atoms with Gasteiger partial charge in [0.05, 0.1) is 11.3 Å². The van der Waals surface area contributed by atoms with Gasteiger partial charge in [0.15, 0.2) is 16.6 Å². The summed E-state index contributed by atoms with van der Waals surface area (Å²) in [5, 5.41) is 10.5. The third-order valence-electron chi connectivity index (χ3n) is 5.72. The summed E-state index contributed by atoms with van der Waals surface area (Å²) >= 11 is 1.38. The zero-order valence-corrected chi connectivity index (χ0v) is 18.8. The van der Waals surface area contributed by atoms with Gasteiger partial charge in [-0.3, -0.25) is 9.20 Å². The Morgan fingerprint density at radius 3 is 2.53 bits per heavy atom. The fourth-order valence-electron chi connectivity index (χ4n) is 4.21. The van der Waals surface area contributed by atoms with E-state index in [9.17, 15) is 9.18 Å². The summed E-state index contributed by atoms with van der Waals surface area (Å²) in [5.41, 5.74) is 6.19. The maximum atomic E-state index is 13.3. The summed E-state index contributed by atoms with van der Waals surface area (Å²) in [6, 6.07) is 18.3. The molecule has 7 heteroatoms. The molecule has 0 saturated heterocycles. The number of fused-ring (bicyclic) bond motifs is 3. The van der Waals surface area contributed by atoms with Crippen LogP contribution in [0, 0.1) is 26.6 Å². The molecular formula is C25H21FN4OS. The second-order valence-corrected chi connectivity index (χ2v) is 8.77. The van der Waals surface area contributed by atoms with Crippen molar-refractivity contribution >= 4 is 34.1 Å². The first-order valence-corrected chi connectivity index (χ1v) is 11.3. The lowest BCUT2D eigenvalue weighted by Gasteiger charge is -2.10. The SMILES string of the molecule is Cc1cc2nnc(SCC(=O)c3cc(C)n(-c4ccc(F)cc4)c3C)n2c2ccccc12. The second kappa shape index (κ2) is 7.91. The van der Waals surface area contributed by atoms with Crippen LogP contribution < -0.4 is 0 Å². The van der Waals surface area contributed by atoms with Crippen LogP contribution in [0.3, 0.4) is 0 Å². The van der Waals surface area contributed by atoms with E-state index >= 15 is 0 Å². The molecule has 0 aliphatic rings. The standard InChI is InChI=1S/C25H21FN4OS/c1-15-12-24-27-28-25(30(24)22-7-5-4-6-20(15)22)32-14-23(31)21-13-16(2)29(17(21)3)19-10-8-18(26)9-11-19/h4-13H,14H2,1-3H3. The van der Waals surface area contributed by atoms with E-state index in [-0.39, 0.29) is 17.4 Å². The molecule has 0 unspecified atom stereocenters. The zero-order chi connectivity index (χ0) is 22.4. The lowest BCUT2D eigenvalue weighted by molar-refractivity contribution is 0.102. The lowest BCUT2D eigenvalue weighted by Crippen LogP contribution is -2.06. The lowest BCUT2D eigenvalue weighted by atomic mass is 10.1. The normalized spacial score (nSPS) is 11.5.